The van der Waals surface area contributed by atoms with E-state index in [0.29, 0.717) is 5.75 Å². The van der Waals surface area contributed by atoms with Gasteiger partial charge < -0.3 is 19.9 Å². The molecule has 0 saturated heterocycles. The van der Waals surface area contributed by atoms with Crippen LogP contribution in [0.25, 0.3) is 4.85 Å². The zero-order chi connectivity index (χ0) is 27.6. The van der Waals surface area contributed by atoms with Crippen molar-refractivity contribution in [2.75, 3.05) is 13.7 Å². The summed E-state index contributed by atoms with van der Waals surface area (Å²) in [4.78, 5) is 15.4. The molecular formula is C26H30N4O6S. The van der Waals surface area contributed by atoms with Gasteiger partial charge in [-0.2, -0.15) is 0 Å². The Morgan fingerprint density at radius 3 is 2.35 bits per heavy atom. The molecule has 196 valence electrons. The number of nitrogens with one attached hydrogen (secondary N) is 1. The number of alkyl carbamates (subject to hydrolysis) is 1. The second-order valence-electron chi connectivity index (χ2n) is 9.00. The summed E-state index contributed by atoms with van der Waals surface area (Å²) in [5.41, 5.74) is -0.513. The minimum atomic E-state index is -4.30. The zero-order valence-electron chi connectivity index (χ0n) is 21.1. The Hall–Kier alpha value is -4.06. The number of sulfonamides is 1. The maximum absolute atomic E-state index is 13.4. The molecule has 10 nitrogen and oxygen atoms in total. The smallest absolute Gasteiger partial charge is 0.407 e. The minimum absolute atomic E-state index is 0.140. The number of ether oxygens (including phenoxy) is 2. The molecule has 0 radical (unpaired) electrons. The summed E-state index contributed by atoms with van der Waals surface area (Å²) >= 11 is 0. The van der Waals surface area contributed by atoms with Gasteiger partial charge in [0, 0.05) is 6.20 Å². The SMILES string of the molecule is [C-]#[N+]/C(C#N)=C\N(C[C@@H](O)[C@H](Cc1ccccc1)NC(=O)OC(C)(C)C)S(=O)(=O)c1ccc(OC)cc1. The first-order valence-electron chi connectivity index (χ1n) is 11.3. The summed E-state index contributed by atoms with van der Waals surface area (Å²) in [5, 5.41) is 23.0. The molecule has 0 fully saturated rings. The first kappa shape index (κ1) is 29.2. The third-order valence-electron chi connectivity index (χ3n) is 5.00. The molecule has 37 heavy (non-hydrogen) atoms. The molecule has 1 amide bonds. The fourth-order valence-electron chi connectivity index (χ4n) is 3.24. The van der Waals surface area contributed by atoms with Crippen LogP contribution in [0.15, 0.2) is 71.4 Å². The molecule has 2 aromatic rings. The third-order valence-corrected chi connectivity index (χ3v) is 6.74. The summed E-state index contributed by atoms with van der Waals surface area (Å²) in [6.07, 6.45) is -1.20. The van der Waals surface area contributed by atoms with Crippen LogP contribution in [0, 0.1) is 17.9 Å². The van der Waals surface area contributed by atoms with Crippen molar-refractivity contribution in [3.8, 4) is 11.8 Å². The van der Waals surface area contributed by atoms with Gasteiger partial charge in [0.05, 0.1) is 43.3 Å². The van der Waals surface area contributed by atoms with Crippen molar-refractivity contribution in [3.63, 3.8) is 0 Å². The van der Waals surface area contributed by atoms with Crippen molar-refractivity contribution in [3.05, 3.63) is 83.5 Å². The average molecular weight is 527 g/mol. The molecule has 11 heteroatoms. The number of rotatable bonds is 10. The van der Waals surface area contributed by atoms with E-state index in [1.54, 1.807) is 51.1 Å². The molecule has 2 aromatic carbocycles. The van der Waals surface area contributed by atoms with E-state index in [9.17, 15) is 23.6 Å². The lowest BCUT2D eigenvalue weighted by Crippen LogP contribution is -2.50. The molecule has 0 aliphatic rings. The molecule has 0 spiro atoms. The summed E-state index contributed by atoms with van der Waals surface area (Å²) in [7, 11) is -2.86. The summed E-state index contributed by atoms with van der Waals surface area (Å²) < 4.78 is 38.0. The van der Waals surface area contributed by atoms with Crippen molar-refractivity contribution >= 4 is 16.1 Å². The van der Waals surface area contributed by atoms with Crippen LogP contribution in [-0.2, 0) is 21.2 Å². The minimum Gasteiger partial charge on any atom is -0.497 e. The highest BCUT2D eigenvalue weighted by molar-refractivity contribution is 7.89. The number of aliphatic hydroxyl groups is 1. The van der Waals surface area contributed by atoms with Gasteiger partial charge in [0.25, 0.3) is 15.7 Å². The maximum Gasteiger partial charge on any atom is 0.407 e. The fourth-order valence-corrected chi connectivity index (χ4v) is 4.58. The van der Waals surface area contributed by atoms with Crippen LogP contribution in [-0.4, -0.2) is 55.3 Å². The molecule has 0 aliphatic carbocycles. The molecule has 0 aliphatic heterocycles. The predicted molar refractivity (Wildman–Crippen MR) is 136 cm³/mol. The van der Waals surface area contributed by atoms with Gasteiger partial charge in [-0.15, -0.1) is 0 Å². The topological polar surface area (TPSA) is 133 Å². The van der Waals surface area contributed by atoms with E-state index in [1.807, 2.05) is 6.07 Å². The lowest BCUT2D eigenvalue weighted by Gasteiger charge is -2.30. The van der Waals surface area contributed by atoms with Gasteiger partial charge in [-0.05, 0) is 57.0 Å². The van der Waals surface area contributed by atoms with Crippen LogP contribution in [0.4, 0.5) is 4.79 Å². The second kappa shape index (κ2) is 12.8. The van der Waals surface area contributed by atoms with Gasteiger partial charge in [0.2, 0.25) is 0 Å². The Morgan fingerprint density at radius 2 is 1.84 bits per heavy atom. The number of carbonyl (C=O) groups excluding carboxylic acids is 1. The molecular weight excluding hydrogens is 496 g/mol. The highest BCUT2D eigenvalue weighted by Gasteiger charge is 2.30. The first-order chi connectivity index (χ1) is 17.4. The van der Waals surface area contributed by atoms with Crippen molar-refractivity contribution < 1.29 is 27.8 Å². The number of methoxy groups -OCH3 is 1. The quantitative estimate of drug-likeness (QED) is 0.358. The molecule has 0 aromatic heterocycles. The van der Waals surface area contributed by atoms with Crippen LogP contribution in [0.2, 0.25) is 0 Å². The van der Waals surface area contributed by atoms with Crippen molar-refractivity contribution in [1.29, 1.82) is 5.26 Å². The fraction of sp³-hybridized carbons (Fsp3) is 0.346. The highest BCUT2D eigenvalue weighted by Crippen LogP contribution is 2.22. The van der Waals surface area contributed by atoms with E-state index >= 15 is 0 Å². The van der Waals surface area contributed by atoms with E-state index < -0.39 is 46.1 Å². The van der Waals surface area contributed by atoms with Gasteiger partial charge >= 0.3 is 6.09 Å². The van der Waals surface area contributed by atoms with Crippen molar-refractivity contribution in [2.45, 2.75) is 49.8 Å². The van der Waals surface area contributed by atoms with E-state index in [2.05, 4.69) is 10.2 Å². The molecule has 0 bridgehead atoms. The molecule has 0 heterocycles. The molecule has 0 unspecified atom stereocenters. The van der Waals surface area contributed by atoms with Crippen LogP contribution in [0.5, 0.6) is 5.75 Å². The number of allylic oxidation sites excluding steroid dienone is 1. The lowest BCUT2D eigenvalue weighted by atomic mass is 10.0. The predicted octanol–water partition coefficient (Wildman–Crippen LogP) is 3.47. The Kier molecular flexibility index (Phi) is 10.1. The normalized spacial score (nSPS) is 13.4. The van der Waals surface area contributed by atoms with Crippen LogP contribution < -0.4 is 10.1 Å². The third kappa shape index (κ3) is 8.83. The number of nitriles is 1. The first-order valence-corrected chi connectivity index (χ1v) is 12.7. The number of aliphatic hydroxyl groups excluding tert-OH is 1. The Morgan fingerprint density at radius 1 is 1.22 bits per heavy atom. The van der Waals surface area contributed by atoms with Crippen molar-refractivity contribution in [1.82, 2.24) is 9.62 Å². The Labute approximate surface area is 217 Å². The molecule has 2 atom stereocenters. The van der Waals surface area contributed by atoms with Gasteiger partial charge in [0.15, 0.2) is 0 Å². The van der Waals surface area contributed by atoms with E-state index in [4.69, 9.17) is 16.0 Å². The van der Waals surface area contributed by atoms with Crippen LogP contribution >= 0.6 is 0 Å². The molecule has 2 N–H and O–H groups in total. The Bertz CT molecular complexity index is 1260. The summed E-state index contributed by atoms with van der Waals surface area (Å²) in [6, 6.07) is 15.2. The van der Waals surface area contributed by atoms with E-state index in [-0.39, 0.29) is 11.3 Å². The van der Waals surface area contributed by atoms with Gasteiger partial charge in [0.1, 0.15) is 11.4 Å². The zero-order valence-corrected chi connectivity index (χ0v) is 21.9. The molecule has 0 saturated carbocycles. The number of nitrogens with zero attached hydrogens (tertiary/aromatic N) is 3. The van der Waals surface area contributed by atoms with Crippen molar-refractivity contribution in [2.24, 2.45) is 0 Å². The number of amides is 1. The number of benzene rings is 2. The average Bonchev–Trinajstić information content (AvgIpc) is 2.85. The van der Waals surface area contributed by atoms with Crippen LogP contribution in [0.3, 0.4) is 0 Å². The standard InChI is InChI=1S/C26H30N4O6S/c1-26(2,3)36-25(32)29-23(15-19-9-7-6-8-10-19)24(31)18-30(17-20(16-27)28-4)37(33,34)22-13-11-21(35-5)12-14-22/h6-14,17,23-24,31H,15,18H2,1-3,5H3,(H,29,32)/b20-17-/t23-,24+/m0/s1. The van der Waals surface area contributed by atoms with Crippen LogP contribution in [0.1, 0.15) is 26.3 Å². The largest absolute Gasteiger partial charge is 0.497 e. The summed E-state index contributed by atoms with van der Waals surface area (Å²) in [5.74, 6) is 0.435. The van der Waals surface area contributed by atoms with Gasteiger partial charge in [-0.1, -0.05) is 30.3 Å². The maximum atomic E-state index is 13.4. The number of hydrogen-bond acceptors (Lipinski definition) is 7. The lowest BCUT2D eigenvalue weighted by molar-refractivity contribution is 0.0411. The summed E-state index contributed by atoms with van der Waals surface area (Å²) in [6.45, 7) is 11.7. The Balaban J connectivity index is 2.43. The van der Waals surface area contributed by atoms with Gasteiger partial charge in [-0.25, -0.2) is 23.3 Å². The van der Waals surface area contributed by atoms with E-state index in [1.165, 1.54) is 31.4 Å². The van der Waals surface area contributed by atoms with Gasteiger partial charge in [-0.3, -0.25) is 4.31 Å². The monoisotopic (exact) mass is 526 g/mol. The number of hydrogen-bond donors (Lipinski definition) is 2. The highest BCUT2D eigenvalue weighted by atomic mass is 32.2. The second-order valence-corrected chi connectivity index (χ2v) is 10.9. The molecule has 2 rings (SSSR count). The number of carbonyl (C=O) groups is 1. The van der Waals surface area contributed by atoms with E-state index in [0.717, 1.165) is 16.1 Å².